The van der Waals surface area contributed by atoms with Crippen molar-refractivity contribution < 1.29 is 14.7 Å². The quantitative estimate of drug-likeness (QED) is 0.873. The minimum atomic E-state index is -0.448. The number of benzene rings is 1. The number of β-amino-alcohol motifs (C(OH)–C–C–N with tert-alkyl or cyclic N) is 1. The summed E-state index contributed by atoms with van der Waals surface area (Å²) in [6, 6.07) is 6.87. The summed E-state index contributed by atoms with van der Waals surface area (Å²) < 4.78 is 0. The maximum atomic E-state index is 12.6. The first-order valence-electron chi connectivity index (χ1n) is 8.77. The molecule has 2 N–H and O–H groups in total. The predicted octanol–water partition coefficient (Wildman–Crippen LogP) is 2.30. The third-order valence-electron chi connectivity index (χ3n) is 4.69. The summed E-state index contributed by atoms with van der Waals surface area (Å²) in [7, 11) is 0. The van der Waals surface area contributed by atoms with Crippen molar-refractivity contribution in [1.82, 2.24) is 9.80 Å². The molecule has 0 aromatic heterocycles. The van der Waals surface area contributed by atoms with Crippen LogP contribution in [0.3, 0.4) is 0 Å². The van der Waals surface area contributed by atoms with Crippen molar-refractivity contribution in [2.45, 2.75) is 38.2 Å². The fraction of sp³-hybridized carbons (Fsp3) is 0.556. The molecule has 1 atom stereocenters. The Labute approximate surface area is 142 Å². The molecule has 1 aromatic carbocycles. The number of carbonyl (C=O) groups excluding carboxylic acids is 2. The highest BCUT2D eigenvalue weighted by Gasteiger charge is 2.23. The Balaban J connectivity index is 1.64. The van der Waals surface area contributed by atoms with Gasteiger partial charge in [-0.25, -0.2) is 4.79 Å². The summed E-state index contributed by atoms with van der Waals surface area (Å²) in [6.07, 6.45) is 4.39. The maximum Gasteiger partial charge on any atom is 0.321 e. The Kier molecular flexibility index (Phi) is 5.35. The van der Waals surface area contributed by atoms with Gasteiger partial charge in [0.05, 0.1) is 6.10 Å². The maximum absolute atomic E-state index is 12.6. The van der Waals surface area contributed by atoms with Crippen LogP contribution < -0.4 is 5.32 Å². The normalized spacial score (nSPS) is 21.5. The first kappa shape index (κ1) is 16.8. The highest BCUT2D eigenvalue weighted by atomic mass is 16.3. The molecule has 3 rings (SSSR count). The Hall–Kier alpha value is -2.08. The number of urea groups is 1. The molecule has 2 saturated heterocycles. The highest BCUT2D eigenvalue weighted by molar-refractivity contribution is 5.97. The summed E-state index contributed by atoms with van der Waals surface area (Å²) in [6.45, 7) is 2.62. The number of anilines is 1. The van der Waals surface area contributed by atoms with E-state index in [1.54, 1.807) is 29.2 Å². The molecule has 24 heavy (non-hydrogen) atoms. The molecule has 1 unspecified atom stereocenters. The average Bonchev–Trinajstić information content (AvgIpc) is 2.62. The van der Waals surface area contributed by atoms with Crippen LogP contribution >= 0.6 is 0 Å². The van der Waals surface area contributed by atoms with Gasteiger partial charge in [0, 0.05) is 37.4 Å². The average molecular weight is 331 g/mol. The third kappa shape index (κ3) is 4.06. The molecule has 2 fully saturated rings. The smallest absolute Gasteiger partial charge is 0.321 e. The van der Waals surface area contributed by atoms with Gasteiger partial charge in [-0.1, -0.05) is 6.07 Å². The lowest BCUT2D eigenvalue weighted by atomic mass is 10.1. The molecule has 0 bridgehead atoms. The molecular formula is C18H25N3O3. The number of hydrogen-bond donors (Lipinski definition) is 2. The van der Waals surface area contributed by atoms with E-state index in [1.165, 1.54) is 6.42 Å². The zero-order chi connectivity index (χ0) is 16.9. The van der Waals surface area contributed by atoms with Gasteiger partial charge in [-0.3, -0.25) is 4.79 Å². The predicted molar refractivity (Wildman–Crippen MR) is 92.0 cm³/mol. The molecule has 0 radical (unpaired) electrons. The number of likely N-dealkylation sites (tertiary alicyclic amines) is 2. The monoisotopic (exact) mass is 331 g/mol. The number of carbonyl (C=O) groups is 2. The van der Waals surface area contributed by atoms with Gasteiger partial charge in [0.15, 0.2) is 0 Å². The molecule has 2 aliphatic heterocycles. The minimum Gasteiger partial charge on any atom is -0.391 e. The molecule has 2 aliphatic rings. The van der Waals surface area contributed by atoms with Crippen LogP contribution in [0.5, 0.6) is 0 Å². The van der Waals surface area contributed by atoms with Crippen molar-refractivity contribution in [2.75, 3.05) is 31.5 Å². The number of aliphatic hydroxyl groups is 1. The Morgan fingerprint density at radius 1 is 1.04 bits per heavy atom. The zero-order valence-corrected chi connectivity index (χ0v) is 13.9. The van der Waals surface area contributed by atoms with E-state index >= 15 is 0 Å². The van der Waals surface area contributed by atoms with Crippen LogP contribution in [0.4, 0.5) is 10.5 Å². The number of hydrogen-bond acceptors (Lipinski definition) is 3. The largest absolute Gasteiger partial charge is 0.391 e. The van der Waals surface area contributed by atoms with Crippen LogP contribution in [0.1, 0.15) is 42.5 Å². The molecule has 1 aromatic rings. The summed E-state index contributed by atoms with van der Waals surface area (Å²) in [5.41, 5.74) is 1.22. The molecule has 0 saturated carbocycles. The second-order valence-corrected chi connectivity index (χ2v) is 6.61. The SMILES string of the molecule is O=C(Nc1cccc(C(=O)N2CCCCC2)c1)N1CCCC(O)C1. The van der Waals surface area contributed by atoms with E-state index < -0.39 is 6.10 Å². The standard InChI is InChI=1S/C18H25N3O3/c22-16-8-5-11-21(13-16)18(24)19-15-7-4-6-14(12-15)17(23)20-9-2-1-3-10-20/h4,6-7,12,16,22H,1-3,5,8-11,13H2,(H,19,24). The lowest BCUT2D eigenvalue weighted by Gasteiger charge is -2.30. The molecule has 6 heteroatoms. The van der Waals surface area contributed by atoms with Gasteiger partial charge in [0.2, 0.25) is 0 Å². The van der Waals surface area contributed by atoms with Crippen LogP contribution in [-0.4, -0.2) is 59.1 Å². The molecule has 6 nitrogen and oxygen atoms in total. The van der Waals surface area contributed by atoms with Crippen LogP contribution in [0.2, 0.25) is 0 Å². The number of aliphatic hydroxyl groups excluding tert-OH is 1. The second kappa shape index (κ2) is 7.66. The van der Waals surface area contributed by atoms with Crippen LogP contribution in [0, 0.1) is 0 Å². The number of piperidine rings is 2. The molecule has 0 spiro atoms. The van der Waals surface area contributed by atoms with Crippen LogP contribution in [0.25, 0.3) is 0 Å². The van der Waals surface area contributed by atoms with Crippen molar-refractivity contribution >= 4 is 17.6 Å². The fourth-order valence-corrected chi connectivity index (χ4v) is 3.35. The number of nitrogens with one attached hydrogen (secondary N) is 1. The van der Waals surface area contributed by atoms with Gasteiger partial charge in [-0.2, -0.15) is 0 Å². The van der Waals surface area contributed by atoms with Crippen LogP contribution in [0.15, 0.2) is 24.3 Å². The minimum absolute atomic E-state index is 0.0270. The summed E-state index contributed by atoms with van der Waals surface area (Å²) in [5, 5.41) is 12.5. The van der Waals surface area contributed by atoms with Gasteiger partial charge in [0.1, 0.15) is 0 Å². The number of amides is 3. The summed E-state index contributed by atoms with van der Waals surface area (Å²) >= 11 is 0. The molecule has 2 heterocycles. The van der Waals surface area contributed by atoms with Gasteiger partial charge < -0.3 is 20.2 Å². The Bertz CT molecular complexity index is 599. The van der Waals surface area contributed by atoms with Gasteiger partial charge in [-0.15, -0.1) is 0 Å². The van der Waals surface area contributed by atoms with Gasteiger partial charge in [0.25, 0.3) is 5.91 Å². The third-order valence-corrected chi connectivity index (χ3v) is 4.69. The number of rotatable bonds is 2. The van der Waals surface area contributed by atoms with E-state index in [1.807, 2.05) is 4.90 Å². The number of nitrogens with zero attached hydrogens (tertiary/aromatic N) is 2. The summed E-state index contributed by atoms with van der Waals surface area (Å²) in [4.78, 5) is 28.4. The highest BCUT2D eigenvalue weighted by Crippen LogP contribution is 2.18. The second-order valence-electron chi connectivity index (χ2n) is 6.61. The molecule has 130 valence electrons. The van der Waals surface area contributed by atoms with E-state index in [0.29, 0.717) is 24.3 Å². The van der Waals surface area contributed by atoms with E-state index in [4.69, 9.17) is 0 Å². The molecular weight excluding hydrogens is 306 g/mol. The fourth-order valence-electron chi connectivity index (χ4n) is 3.35. The lowest BCUT2D eigenvalue weighted by molar-refractivity contribution is 0.0724. The molecule has 3 amide bonds. The first-order valence-corrected chi connectivity index (χ1v) is 8.77. The Morgan fingerprint density at radius 3 is 2.54 bits per heavy atom. The Morgan fingerprint density at radius 2 is 1.79 bits per heavy atom. The van der Waals surface area contributed by atoms with Crippen molar-refractivity contribution in [1.29, 1.82) is 0 Å². The van der Waals surface area contributed by atoms with Crippen molar-refractivity contribution in [2.24, 2.45) is 0 Å². The van der Waals surface area contributed by atoms with Crippen molar-refractivity contribution in [3.05, 3.63) is 29.8 Å². The van der Waals surface area contributed by atoms with E-state index in [-0.39, 0.29) is 11.9 Å². The van der Waals surface area contributed by atoms with E-state index in [9.17, 15) is 14.7 Å². The molecule has 0 aliphatic carbocycles. The lowest BCUT2D eigenvalue weighted by Crippen LogP contribution is -2.44. The first-order chi connectivity index (χ1) is 11.6. The zero-order valence-electron chi connectivity index (χ0n) is 13.9. The summed E-state index contributed by atoms with van der Waals surface area (Å²) in [5.74, 6) is 0.0270. The van der Waals surface area contributed by atoms with Crippen LogP contribution in [-0.2, 0) is 0 Å². The van der Waals surface area contributed by atoms with Crippen molar-refractivity contribution in [3.8, 4) is 0 Å². The van der Waals surface area contributed by atoms with E-state index in [2.05, 4.69) is 5.32 Å². The topological polar surface area (TPSA) is 72.9 Å². The van der Waals surface area contributed by atoms with E-state index in [0.717, 1.165) is 38.8 Å². The van der Waals surface area contributed by atoms with Crippen molar-refractivity contribution in [3.63, 3.8) is 0 Å². The van der Waals surface area contributed by atoms with Gasteiger partial charge in [-0.05, 0) is 50.3 Å². The van der Waals surface area contributed by atoms with Gasteiger partial charge >= 0.3 is 6.03 Å².